The Labute approximate surface area is 115 Å². The molecule has 0 fully saturated rings. The first-order chi connectivity index (χ1) is 9.20. The fourth-order valence-electron chi connectivity index (χ4n) is 2.01. The summed E-state index contributed by atoms with van der Waals surface area (Å²) in [6.45, 7) is 8.21. The molecule has 0 bridgehead atoms. The van der Waals surface area contributed by atoms with E-state index < -0.39 is 0 Å². The molecule has 0 aromatic heterocycles. The molecule has 0 saturated carbocycles. The topological polar surface area (TPSA) is 39.7 Å². The third kappa shape index (κ3) is 3.85. The molecular weight excluding hydrogens is 242 g/mol. The molecule has 1 aliphatic rings. The lowest BCUT2D eigenvalue weighted by molar-refractivity contribution is 0.0611. The highest BCUT2D eigenvalue weighted by Gasteiger charge is 2.18. The largest absolute Gasteiger partial charge is 0.454 e. The van der Waals surface area contributed by atoms with Gasteiger partial charge in [-0.2, -0.15) is 0 Å². The molecule has 1 aromatic rings. The molecule has 1 heterocycles. The fourth-order valence-corrected chi connectivity index (χ4v) is 2.01. The van der Waals surface area contributed by atoms with Crippen LogP contribution in [0, 0.1) is 0 Å². The van der Waals surface area contributed by atoms with E-state index in [9.17, 15) is 0 Å². The number of ether oxygens (including phenoxy) is 3. The van der Waals surface area contributed by atoms with Gasteiger partial charge in [-0.1, -0.05) is 13.0 Å². The molecule has 1 aromatic carbocycles. The quantitative estimate of drug-likeness (QED) is 0.823. The Morgan fingerprint density at radius 1 is 1.26 bits per heavy atom. The van der Waals surface area contributed by atoms with Gasteiger partial charge in [0.1, 0.15) is 0 Å². The standard InChI is InChI=1S/C15H23NO3/c1-4-7-16-13(9-17-11(2)3)12-5-6-14-15(8-12)19-10-18-14/h5-6,8,11,13,16H,4,7,9-10H2,1-3H3. The molecule has 4 nitrogen and oxygen atoms in total. The smallest absolute Gasteiger partial charge is 0.231 e. The molecule has 19 heavy (non-hydrogen) atoms. The second-order valence-corrected chi connectivity index (χ2v) is 5.00. The van der Waals surface area contributed by atoms with E-state index in [4.69, 9.17) is 14.2 Å². The summed E-state index contributed by atoms with van der Waals surface area (Å²) in [7, 11) is 0. The van der Waals surface area contributed by atoms with E-state index in [2.05, 4.69) is 32.2 Å². The summed E-state index contributed by atoms with van der Waals surface area (Å²) in [5, 5.41) is 3.51. The van der Waals surface area contributed by atoms with Gasteiger partial charge in [-0.15, -0.1) is 0 Å². The zero-order valence-electron chi connectivity index (χ0n) is 11.9. The number of nitrogens with one attached hydrogen (secondary N) is 1. The first kappa shape index (κ1) is 14.2. The van der Waals surface area contributed by atoms with E-state index in [-0.39, 0.29) is 12.1 Å². The van der Waals surface area contributed by atoms with Crippen LogP contribution in [-0.4, -0.2) is 26.0 Å². The summed E-state index contributed by atoms with van der Waals surface area (Å²) in [5.74, 6) is 1.65. The van der Waals surface area contributed by atoms with Crippen LogP contribution < -0.4 is 14.8 Å². The van der Waals surface area contributed by atoms with Crippen LogP contribution in [0.4, 0.5) is 0 Å². The highest BCUT2D eigenvalue weighted by molar-refractivity contribution is 5.45. The lowest BCUT2D eigenvalue weighted by Gasteiger charge is -2.20. The molecule has 0 saturated heterocycles. The Balaban J connectivity index is 2.07. The number of fused-ring (bicyclic) bond motifs is 1. The van der Waals surface area contributed by atoms with E-state index >= 15 is 0 Å². The minimum atomic E-state index is 0.192. The minimum absolute atomic E-state index is 0.192. The second kappa shape index (κ2) is 6.78. The molecule has 1 aliphatic heterocycles. The van der Waals surface area contributed by atoms with Gasteiger partial charge in [0, 0.05) is 0 Å². The van der Waals surface area contributed by atoms with Gasteiger partial charge in [0.25, 0.3) is 0 Å². The minimum Gasteiger partial charge on any atom is -0.454 e. The third-order valence-electron chi connectivity index (χ3n) is 3.04. The van der Waals surface area contributed by atoms with Crippen LogP contribution in [0.15, 0.2) is 18.2 Å². The van der Waals surface area contributed by atoms with Crippen molar-refractivity contribution in [2.75, 3.05) is 19.9 Å². The number of hydrogen-bond donors (Lipinski definition) is 1. The van der Waals surface area contributed by atoms with Gasteiger partial charge in [-0.3, -0.25) is 0 Å². The molecule has 0 radical (unpaired) electrons. The van der Waals surface area contributed by atoms with Crippen molar-refractivity contribution < 1.29 is 14.2 Å². The molecule has 0 aliphatic carbocycles. The Hall–Kier alpha value is -1.26. The van der Waals surface area contributed by atoms with Crippen LogP contribution in [0.1, 0.15) is 38.8 Å². The lowest BCUT2D eigenvalue weighted by atomic mass is 10.1. The van der Waals surface area contributed by atoms with Crippen molar-refractivity contribution in [2.24, 2.45) is 0 Å². The first-order valence-corrected chi connectivity index (χ1v) is 6.95. The molecule has 2 rings (SSSR count). The molecule has 0 amide bonds. The van der Waals surface area contributed by atoms with Gasteiger partial charge in [-0.25, -0.2) is 0 Å². The van der Waals surface area contributed by atoms with Crippen molar-refractivity contribution in [3.63, 3.8) is 0 Å². The predicted octanol–water partition coefficient (Wildman–Crippen LogP) is 2.88. The summed E-state index contributed by atoms with van der Waals surface area (Å²) in [5.41, 5.74) is 1.18. The Morgan fingerprint density at radius 2 is 2.05 bits per heavy atom. The van der Waals surface area contributed by atoms with Gasteiger partial charge in [0.2, 0.25) is 6.79 Å². The molecule has 106 valence electrons. The first-order valence-electron chi connectivity index (χ1n) is 6.95. The fraction of sp³-hybridized carbons (Fsp3) is 0.600. The van der Waals surface area contributed by atoms with Gasteiger partial charge < -0.3 is 19.5 Å². The maximum absolute atomic E-state index is 5.74. The third-order valence-corrected chi connectivity index (χ3v) is 3.04. The van der Waals surface area contributed by atoms with Crippen LogP contribution >= 0.6 is 0 Å². The molecule has 0 spiro atoms. The Morgan fingerprint density at radius 3 is 2.79 bits per heavy atom. The second-order valence-electron chi connectivity index (χ2n) is 5.00. The van der Waals surface area contributed by atoms with E-state index in [1.807, 2.05) is 12.1 Å². The summed E-state index contributed by atoms with van der Waals surface area (Å²) < 4.78 is 16.5. The normalized spacial score (nSPS) is 14.9. The van der Waals surface area contributed by atoms with Gasteiger partial charge in [0.15, 0.2) is 11.5 Å². The van der Waals surface area contributed by atoms with Crippen molar-refractivity contribution >= 4 is 0 Å². The van der Waals surface area contributed by atoms with Crippen molar-refractivity contribution in [3.8, 4) is 11.5 Å². The van der Waals surface area contributed by atoms with Crippen molar-refractivity contribution in [3.05, 3.63) is 23.8 Å². The van der Waals surface area contributed by atoms with E-state index in [1.165, 1.54) is 5.56 Å². The zero-order valence-corrected chi connectivity index (χ0v) is 11.9. The SMILES string of the molecule is CCCNC(COC(C)C)c1ccc2c(c1)OCO2. The average Bonchev–Trinajstić information content (AvgIpc) is 2.85. The van der Waals surface area contributed by atoms with Crippen LogP contribution in [0.2, 0.25) is 0 Å². The molecule has 4 heteroatoms. The number of benzene rings is 1. The number of hydrogen-bond acceptors (Lipinski definition) is 4. The number of rotatable bonds is 7. The van der Waals surface area contributed by atoms with Gasteiger partial charge >= 0.3 is 0 Å². The Kier molecular flexibility index (Phi) is 5.05. The van der Waals surface area contributed by atoms with Crippen molar-refractivity contribution in [2.45, 2.75) is 39.3 Å². The van der Waals surface area contributed by atoms with Crippen LogP contribution in [0.25, 0.3) is 0 Å². The molecule has 1 N–H and O–H groups in total. The monoisotopic (exact) mass is 265 g/mol. The summed E-state index contributed by atoms with van der Waals surface area (Å²) in [4.78, 5) is 0. The summed E-state index contributed by atoms with van der Waals surface area (Å²) in [6, 6.07) is 6.27. The molecular formula is C15H23NO3. The van der Waals surface area contributed by atoms with Crippen molar-refractivity contribution in [1.82, 2.24) is 5.32 Å². The van der Waals surface area contributed by atoms with Gasteiger partial charge in [-0.05, 0) is 44.5 Å². The predicted molar refractivity (Wildman–Crippen MR) is 74.7 cm³/mol. The summed E-state index contributed by atoms with van der Waals surface area (Å²) >= 11 is 0. The van der Waals surface area contributed by atoms with Crippen LogP contribution in [0.5, 0.6) is 11.5 Å². The Bertz CT molecular complexity index is 406. The lowest BCUT2D eigenvalue weighted by Crippen LogP contribution is -2.27. The van der Waals surface area contributed by atoms with E-state index in [1.54, 1.807) is 0 Å². The maximum Gasteiger partial charge on any atom is 0.231 e. The zero-order chi connectivity index (χ0) is 13.7. The average molecular weight is 265 g/mol. The van der Waals surface area contributed by atoms with Crippen LogP contribution in [0.3, 0.4) is 0 Å². The van der Waals surface area contributed by atoms with Crippen molar-refractivity contribution in [1.29, 1.82) is 0 Å². The van der Waals surface area contributed by atoms with E-state index in [0.717, 1.165) is 24.5 Å². The molecule has 1 atom stereocenters. The highest BCUT2D eigenvalue weighted by atomic mass is 16.7. The maximum atomic E-state index is 5.74. The summed E-state index contributed by atoms with van der Waals surface area (Å²) in [6.07, 6.45) is 1.34. The van der Waals surface area contributed by atoms with E-state index in [0.29, 0.717) is 13.4 Å². The van der Waals surface area contributed by atoms with Gasteiger partial charge in [0.05, 0.1) is 18.8 Å². The highest BCUT2D eigenvalue weighted by Crippen LogP contribution is 2.34. The molecule has 1 unspecified atom stereocenters. The van der Waals surface area contributed by atoms with Crippen LogP contribution in [-0.2, 0) is 4.74 Å².